The number of anilines is 1. The van der Waals surface area contributed by atoms with Gasteiger partial charge in [0.25, 0.3) is 11.8 Å². The largest absolute Gasteiger partial charge is 0.347 e. The average molecular weight is 373 g/mol. The van der Waals surface area contributed by atoms with Crippen LogP contribution in [0.1, 0.15) is 31.4 Å². The van der Waals surface area contributed by atoms with Gasteiger partial charge in [0.2, 0.25) is 0 Å². The molecule has 1 heterocycles. The molecule has 0 fully saturated rings. The van der Waals surface area contributed by atoms with Crippen LogP contribution >= 0.6 is 0 Å². The van der Waals surface area contributed by atoms with Gasteiger partial charge < -0.3 is 10.2 Å². The number of benzene rings is 2. The first kappa shape index (κ1) is 19.4. The van der Waals surface area contributed by atoms with Gasteiger partial charge in [0, 0.05) is 18.7 Å². The van der Waals surface area contributed by atoms with Gasteiger partial charge >= 0.3 is 0 Å². The van der Waals surface area contributed by atoms with E-state index in [1.807, 2.05) is 54.6 Å². The molecule has 0 aromatic heterocycles. The summed E-state index contributed by atoms with van der Waals surface area (Å²) in [5.41, 5.74) is 2.37. The third-order valence-electron chi connectivity index (χ3n) is 4.74. The van der Waals surface area contributed by atoms with E-state index in [2.05, 4.69) is 19.2 Å². The molecule has 3 rings (SSSR count). The average Bonchev–Trinajstić information content (AvgIpc) is 2.98. The molecule has 0 radical (unpaired) electrons. The summed E-state index contributed by atoms with van der Waals surface area (Å²) >= 11 is 0. The molecule has 0 bridgehead atoms. The van der Waals surface area contributed by atoms with E-state index in [9.17, 15) is 14.9 Å². The molecule has 0 saturated heterocycles. The van der Waals surface area contributed by atoms with Crippen LogP contribution in [-0.2, 0) is 16.1 Å². The van der Waals surface area contributed by atoms with Crippen LogP contribution in [0.25, 0.3) is 5.57 Å². The number of hydrogen-bond donors (Lipinski definition) is 1. The van der Waals surface area contributed by atoms with Gasteiger partial charge in [-0.1, -0.05) is 62.4 Å². The molecule has 28 heavy (non-hydrogen) atoms. The first-order chi connectivity index (χ1) is 13.5. The van der Waals surface area contributed by atoms with Crippen molar-refractivity contribution in [3.63, 3.8) is 0 Å². The summed E-state index contributed by atoms with van der Waals surface area (Å²) in [7, 11) is 0. The van der Waals surface area contributed by atoms with E-state index in [4.69, 9.17) is 0 Å². The van der Waals surface area contributed by atoms with Crippen molar-refractivity contribution in [2.45, 2.75) is 26.8 Å². The lowest BCUT2D eigenvalue weighted by Gasteiger charge is -2.18. The van der Waals surface area contributed by atoms with Crippen LogP contribution in [0.5, 0.6) is 0 Å². The number of hydrogen-bond acceptors (Lipinski definition) is 3. The van der Waals surface area contributed by atoms with Gasteiger partial charge in [0.15, 0.2) is 0 Å². The van der Waals surface area contributed by atoms with Crippen LogP contribution in [0.3, 0.4) is 0 Å². The highest BCUT2D eigenvalue weighted by atomic mass is 16.2. The number of nitrogens with one attached hydrogen (secondary N) is 1. The van der Waals surface area contributed by atoms with Gasteiger partial charge in [0.05, 0.1) is 11.3 Å². The molecule has 2 aromatic rings. The normalized spacial score (nSPS) is 14.6. The Morgan fingerprint density at radius 3 is 2.46 bits per heavy atom. The molecule has 2 amide bonds. The van der Waals surface area contributed by atoms with Crippen LogP contribution in [0, 0.1) is 17.2 Å². The topological polar surface area (TPSA) is 73.2 Å². The van der Waals surface area contributed by atoms with Gasteiger partial charge in [-0.25, -0.2) is 0 Å². The summed E-state index contributed by atoms with van der Waals surface area (Å²) in [6.07, 6.45) is 0.843. The Morgan fingerprint density at radius 2 is 1.79 bits per heavy atom. The first-order valence-corrected chi connectivity index (χ1v) is 9.40. The fraction of sp³-hybridized carbons (Fsp3) is 0.261. The molecule has 5 heteroatoms. The lowest BCUT2D eigenvalue weighted by molar-refractivity contribution is -0.118. The number of amides is 2. The number of rotatable bonds is 6. The third-order valence-corrected chi connectivity index (χ3v) is 4.74. The van der Waals surface area contributed by atoms with Crippen molar-refractivity contribution in [2.24, 2.45) is 5.92 Å². The smallest absolute Gasteiger partial charge is 0.263 e. The lowest BCUT2D eigenvalue weighted by Crippen LogP contribution is -2.30. The van der Waals surface area contributed by atoms with Crippen LogP contribution in [0.15, 0.2) is 60.2 Å². The molecule has 0 saturated carbocycles. The van der Waals surface area contributed by atoms with Gasteiger partial charge in [-0.3, -0.25) is 9.59 Å². The van der Waals surface area contributed by atoms with Crippen molar-refractivity contribution in [3.05, 3.63) is 71.3 Å². The Labute approximate surface area is 165 Å². The Bertz CT molecular complexity index is 955. The van der Waals surface area contributed by atoms with Crippen molar-refractivity contribution in [3.8, 4) is 6.07 Å². The summed E-state index contributed by atoms with van der Waals surface area (Å²) < 4.78 is 0. The van der Waals surface area contributed by atoms with E-state index in [0.29, 0.717) is 24.6 Å². The summed E-state index contributed by atoms with van der Waals surface area (Å²) in [5.74, 6) is -0.374. The lowest BCUT2D eigenvalue weighted by atomic mass is 10.0. The second-order valence-electron chi connectivity index (χ2n) is 7.19. The summed E-state index contributed by atoms with van der Waals surface area (Å²) in [5, 5.41) is 12.4. The van der Waals surface area contributed by atoms with Crippen LogP contribution < -0.4 is 10.2 Å². The maximum absolute atomic E-state index is 13.1. The molecular weight excluding hydrogens is 350 g/mol. The van der Waals surface area contributed by atoms with E-state index >= 15 is 0 Å². The van der Waals surface area contributed by atoms with Crippen LogP contribution in [0.2, 0.25) is 0 Å². The third kappa shape index (κ3) is 3.96. The second kappa shape index (κ2) is 8.53. The second-order valence-corrected chi connectivity index (χ2v) is 7.19. The van der Waals surface area contributed by atoms with E-state index in [1.165, 1.54) is 0 Å². The molecule has 0 spiro atoms. The Morgan fingerprint density at radius 1 is 1.11 bits per heavy atom. The Balaban J connectivity index is 1.91. The monoisotopic (exact) mass is 373 g/mol. The predicted octanol–water partition coefficient (Wildman–Crippen LogP) is 3.67. The number of fused-ring (bicyclic) bond motifs is 1. The maximum atomic E-state index is 13.1. The fourth-order valence-electron chi connectivity index (χ4n) is 3.22. The number of para-hydroxylation sites is 1. The summed E-state index contributed by atoms with van der Waals surface area (Å²) in [4.78, 5) is 27.5. The summed E-state index contributed by atoms with van der Waals surface area (Å²) in [6.45, 7) is 5.05. The molecule has 142 valence electrons. The highest BCUT2D eigenvalue weighted by molar-refractivity contribution is 6.37. The number of carbonyl (C=O) groups excluding carboxylic acids is 2. The van der Waals surface area contributed by atoms with Crippen LogP contribution in [0.4, 0.5) is 5.69 Å². The Kier molecular flexibility index (Phi) is 5.90. The molecule has 0 unspecified atom stereocenters. The predicted molar refractivity (Wildman–Crippen MR) is 109 cm³/mol. The minimum atomic E-state index is -0.532. The van der Waals surface area contributed by atoms with E-state index in [0.717, 1.165) is 17.7 Å². The fourth-order valence-corrected chi connectivity index (χ4v) is 3.22. The summed E-state index contributed by atoms with van der Waals surface area (Å²) in [6, 6.07) is 18.7. The first-order valence-electron chi connectivity index (χ1n) is 9.40. The minimum Gasteiger partial charge on any atom is -0.347 e. The maximum Gasteiger partial charge on any atom is 0.263 e. The van der Waals surface area contributed by atoms with Crippen molar-refractivity contribution in [1.29, 1.82) is 5.26 Å². The highest BCUT2D eigenvalue weighted by Crippen LogP contribution is 2.38. The zero-order chi connectivity index (χ0) is 20.1. The molecule has 1 aliphatic rings. The van der Waals surface area contributed by atoms with Crippen molar-refractivity contribution in [2.75, 3.05) is 11.4 Å². The van der Waals surface area contributed by atoms with E-state index < -0.39 is 5.91 Å². The number of nitrogens with zero attached hydrogens (tertiary/aromatic N) is 2. The van der Waals surface area contributed by atoms with Gasteiger partial charge in [-0.05, 0) is 24.0 Å². The van der Waals surface area contributed by atoms with E-state index in [-0.39, 0.29) is 17.1 Å². The minimum absolute atomic E-state index is 0.138. The molecule has 5 nitrogen and oxygen atoms in total. The quantitative estimate of drug-likeness (QED) is 0.620. The highest BCUT2D eigenvalue weighted by Gasteiger charge is 2.36. The van der Waals surface area contributed by atoms with Crippen LogP contribution in [-0.4, -0.2) is 18.4 Å². The molecule has 0 aliphatic carbocycles. The molecular formula is C23H23N3O2. The molecule has 2 aromatic carbocycles. The van der Waals surface area contributed by atoms with Gasteiger partial charge in [-0.2, -0.15) is 5.26 Å². The molecule has 1 N–H and O–H groups in total. The Hall–Kier alpha value is -3.39. The standard InChI is InChI=1S/C23H23N3O2/c1-16(2)12-13-26-20-11-7-6-10-18(20)21(23(26)28)19(14-24)22(27)25-15-17-8-4-3-5-9-17/h3-11,16H,12-13,15H2,1-2H3,(H,25,27). The molecule has 1 aliphatic heterocycles. The van der Waals surface area contributed by atoms with E-state index in [1.54, 1.807) is 11.0 Å². The van der Waals surface area contributed by atoms with Gasteiger partial charge in [0.1, 0.15) is 11.6 Å². The number of carbonyl (C=O) groups is 2. The molecule has 0 atom stereocenters. The van der Waals surface area contributed by atoms with Crippen molar-refractivity contribution >= 4 is 23.1 Å². The van der Waals surface area contributed by atoms with Gasteiger partial charge in [-0.15, -0.1) is 0 Å². The zero-order valence-electron chi connectivity index (χ0n) is 16.1. The zero-order valence-corrected chi connectivity index (χ0v) is 16.1. The van der Waals surface area contributed by atoms with Crippen molar-refractivity contribution in [1.82, 2.24) is 5.32 Å². The van der Waals surface area contributed by atoms with Crippen molar-refractivity contribution < 1.29 is 9.59 Å². The number of nitriles is 1. The SMILES string of the molecule is CC(C)CCN1C(=O)C(=C(C#N)C(=O)NCc2ccccc2)c2ccccc21.